The highest BCUT2D eigenvalue weighted by Gasteiger charge is 2.62. The highest BCUT2D eigenvalue weighted by atomic mass is 35.5. The molecule has 250 valence electrons. The molecule has 1 amide bonds. The quantitative estimate of drug-likeness (QED) is 0.164. The average molecular weight is 686 g/mol. The van der Waals surface area contributed by atoms with Crippen LogP contribution in [0.25, 0.3) is 5.82 Å². The molecule has 4 heterocycles. The molecule has 0 aromatic carbocycles. The SMILES string of the molecule is CC1(C)CC(OCCNc2cccc(S(=O)(=O)NC(=O)c3ccc(-n4ccc(OCCCC5(C(F)(F)F)CC5)n4)nc3Cl)n2)CN1. The van der Waals surface area contributed by atoms with E-state index in [2.05, 4.69) is 39.5 Å². The van der Waals surface area contributed by atoms with Gasteiger partial charge >= 0.3 is 6.18 Å². The standard InChI is InChI=1S/C29H35ClF3N7O5S/c1-27(2)17-19(18-35-27)44-16-13-34-21-5-3-6-24(36-21)46(42,43)39-26(41)20-7-8-22(37-25(20)30)40-14-9-23(38-40)45-15-4-10-28(11-12-28)29(31,32)33/h3,5-9,14,19,35H,4,10-13,15-18H2,1-2H3,(H,34,36)(H,39,41). The van der Waals surface area contributed by atoms with Gasteiger partial charge in [-0.25, -0.2) is 19.4 Å². The van der Waals surface area contributed by atoms with Gasteiger partial charge in [-0.3, -0.25) is 4.79 Å². The fourth-order valence-electron chi connectivity index (χ4n) is 5.17. The highest BCUT2D eigenvalue weighted by Crippen LogP contribution is 2.60. The van der Waals surface area contributed by atoms with Crippen molar-refractivity contribution in [2.75, 3.05) is 31.6 Å². The molecule has 0 spiro atoms. The third-order valence-electron chi connectivity index (χ3n) is 7.92. The predicted octanol–water partition coefficient (Wildman–Crippen LogP) is 4.50. The summed E-state index contributed by atoms with van der Waals surface area (Å²) in [5.41, 5.74) is -1.75. The van der Waals surface area contributed by atoms with E-state index in [1.54, 1.807) is 6.07 Å². The number of anilines is 1. The third-order valence-corrected chi connectivity index (χ3v) is 9.44. The van der Waals surface area contributed by atoms with Gasteiger partial charge in [-0.1, -0.05) is 17.7 Å². The molecular formula is C29H35ClF3N7O5S. The molecule has 46 heavy (non-hydrogen) atoms. The number of hydrogen-bond donors (Lipinski definition) is 3. The summed E-state index contributed by atoms with van der Waals surface area (Å²) in [6.07, 6.45) is -1.20. The van der Waals surface area contributed by atoms with Gasteiger partial charge in [0.05, 0.1) is 30.3 Å². The van der Waals surface area contributed by atoms with E-state index in [9.17, 15) is 26.4 Å². The number of nitrogens with zero attached hydrogens (tertiary/aromatic N) is 4. The molecule has 17 heteroatoms. The molecule has 5 rings (SSSR count). The van der Waals surface area contributed by atoms with Gasteiger partial charge in [-0.15, -0.1) is 5.10 Å². The number of carbonyl (C=O) groups is 1. The Hall–Kier alpha value is -3.47. The van der Waals surface area contributed by atoms with E-state index in [1.807, 2.05) is 4.72 Å². The Morgan fingerprint density at radius 1 is 1.15 bits per heavy atom. The van der Waals surface area contributed by atoms with E-state index in [-0.39, 0.29) is 71.4 Å². The van der Waals surface area contributed by atoms with Gasteiger partial charge in [-0.2, -0.15) is 21.6 Å². The first-order chi connectivity index (χ1) is 21.7. The number of halogens is 4. The normalized spacial score (nSPS) is 18.7. The van der Waals surface area contributed by atoms with Gasteiger partial charge in [-0.05, 0) is 70.2 Å². The van der Waals surface area contributed by atoms with Crippen molar-refractivity contribution in [3.05, 3.63) is 53.3 Å². The summed E-state index contributed by atoms with van der Waals surface area (Å²) in [6, 6.07) is 8.55. The summed E-state index contributed by atoms with van der Waals surface area (Å²) in [4.78, 5) is 21.1. The van der Waals surface area contributed by atoms with Crippen molar-refractivity contribution in [3.63, 3.8) is 0 Å². The van der Waals surface area contributed by atoms with E-state index in [0.29, 0.717) is 19.0 Å². The van der Waals surface area contributed by atoms with Crippen LogP contribution in [0.3, 0.4) is 0 Å². The Balaban J connectivity index is 1.12. The minimum absolute atomic E-state index is 0.00114. The van der Waals surface area contributed by atoms with Gasteiger partial charge in [0.2, 0.25) is 5.88 Å². The van der Waals surface area contributed by atoms with Crippen LogP contribution in [0.5, 0.6) is 5.88 Å². The van der Waals surface area contributed by atoms with Crippen LogP contribution in [-0.2, 0) is 14.8 Å². The van der Waals surface area contributed by atoms with E-state index < -0.39 is 27.5 Å². The summed E-state index contributed by atoms with van der Waals surface area (Å²) in [5, 5.41) is 9.94. The van der Waals surface area contributed by atoms with E-state index in [4.69, 9.17) is 21.1 Å². The summed E-state index contributed by atoms with van der Waals surface area (Å²) in [6.45, 7) is 5.85. The molecule has 1 unspecified atom stereocenters. The van der Waals surface area contributed by atoms with Gasteiger partial charge in [0, 0.05) is 30.9 Å². The Bertz CT molecular complexity index is 1660. The van der Waals surface area contributed by atoms with Crippen LogP contribution in [0.2, 0.25) is 5.15 Å². The summed E-state index contributed by atoms with van der Waals surface area (Å²) in [7, 11) is -4.36. The second-order valence-corrected chi connectivity index (χ2v) is 14.0. The summed E-state index contributed by atoms with van der Waals surface area (Å²) < 4.78 is 79.8. The van der Waals surface area contributed by atoms with E-state index >= 15 is 0 Å². The lowest BCUT2D eigenvalue weighted by Crippen LogP contribution is -2.31. The number of hydrogen-bond acceptors (Lipinski definition) is 10. The van der Waals surface area contributed by atoms with Gasteiger partial charge in [0.1, 0.15) is 11.0 Å². The maximum atomic E-state index is 13.1. The average Bonchev–Trinajstić information content (AvgIpc) is 3.51. The lowest BCUT2D eigenvalue weighted by molar-refractivity contribution is -0.189. The van der Waals surface area contributed by atoms with Crippen LogP contribution in [0.15, 0.2) is 47.6 Å². The Morgan fingerprint density at radius 3 is 2.61 bits per heavy atom. The predicted molar refractivity (Wildman–Crippen MR) is 163 cm³/mol. The molecule has 3 aromatic rings. The zero-order valence-electron chi connectivity index (χ0n) is 25.2. The monoisotopic (exact) mass is 685 g/mol. The first-order valence-electron chi connectivity index (χ1n) is 14.7. The molecule has 1 aliphatic heterocycles. The highest BCUT2D eigenvalue weighted by molar-refractivity contribution is 7.90. The Kier molecular flexibility index (Phi) is 9.82. The molecule has 1 saturated heterocycles. The second-order valence-electron chi connectivity index (χ2n) is 12.0. The molecule has 3 aromatic heterocycles. The molecule has 2 aliphatic rings. The summed E-state index contributed by atoms with van der Waals surface area (Å²) in [5.74, 6) is -0.341. The molecule has 12 nitrogen and oxygen atoms in total. The number of ether oxygens (including phenoxy) is 2. The van der Waals surface area contributed by atoms with Gasteiger partial charge < -0.3 is 20.1 Å². The van der Waals surface area contributed by atoms with Crippen LogP contribution in [0, 0.1) is 5.41 Å². The molecule has 0 radical (unpaired) electrons. The Labute approximate surface area is 269 Å². The minimum atomic E-state index is -4.36. The van der Waals surface area contributed by atoms with Crippen molar-refractivity contribution in [1.29, 1.82) is 0 Å². The molecule has 0 bridgehead atoms. The van der Waals surface area contributed by atoms with Gasteiger partial charge in [0.25, 0.3) is 15.9 Å². The van der Waals surface area contributed by atoms with Crippen LogP contribution in [-0.4, -0.2) is 78.2 Å². The Morgan fingerprint density at radius 2 is 1.93 bits per heavy atom. The molecule has 1 aliphatic carbocycles. The number of amides is 1. The molecule has 1 saturated carbocycles. The van der Waals surface area contributed by atoms with Gasteiger partial charge in [0.15, 0.2) is 10.8 Å². The fourth-order valence-corrected chi connectivity index (χ4v) is 6.34. The first-order valence-corrected chi connectivity index (χ1v) is 16.6. The van der Waals surface area contributed by atoms with Crippen LogP contribution < -0.4 is 20.1 Å². The third kappa shape index (κ3) is 8.27. The maximum Gasteiger partial charge on any atom is 0.394 e. The number of carbonyl (C=O) groups excluding carboxylic acids is 1. The van der Waals surface area contributed by atoms with Crippen molar-refractivity contribution < 1.29 is 35.9 Å². The molecule has 2 fully saturated rings. The topological polar surface area (TPSA) is 149 Å². The van der Waals surface area contributed by atoms with E-state index in [0.717, 1.165) is 13.0 Å². The van der Waals surface area contributed by atoms with Crippen molar-refractivity contribution in [2.45, 2.75) is 68.8 Å². The number of nitrogens with one attached hydrogen (secondary N) is 3. The number of alkyl halides is 3. The lowest BCUT2D eigenvalue weighted by atomic mass is 10.0. The van der Waals surface area contributed by atoms with Crippen molar-refractivity contribution >= 4 is 33.3 Å². The number of sulfonamides is 1. The van der Waals surface area contributed by atoms with E-state index in [1.165, 1.54) is 41.2 Å². The van der Waals surface area contributed by atoms with Crippen LogP contribution in [0.4, 0.5) is 19.0 Å². The fraction of sp³-hybridized carbons (Fsp3) is 0.517. The first kappa shape index (κ1) is 33.9. The molecule has 3 N–H and O–H groups in total. The second kappa shape index (κ2) is 13.3. The number of aromatic nitrogens is 4. The molecular weight excluding hydrogens is 651 g/mol. The number of pyridine rings is 2. The zero-order chi connectivity index (χ0) is 33.2. The minimum Gasteiger partial charge on any atom is -0.477 e. The van der Waals surface area contributed by atoms with Crippen molar-refractivity contribution in [2.24, 2.45) is 5.41 Å². The van der Waals surface area contributed by atoms with Crippen LogP contribution >= 0.6 is 11.6 Å². The largest absolute Gasteiger partial charge is 0.477 e. The smallest absolute Gasteiger partial charge is 0.394 e. The van der Waals surface area contributed by atoms with Crippen LogP contribution in [0.1, 0.15) is 56.3 Å². The lowest BCUT2D eigenvalue weighted by Gasteiger charge is -2.18. The zero-order valence-corrected chi connectivity index (χ0v) is 26.8. The summed E-state index contributed by atoms with van der Waals surface area (Å²) >= 11 is 6.23. The van der Waals surface area contributed by atoms with Crippen molar-refractivity contribution in [1.82, 2.24) is 29.8 Å². The number of rotatable bonds is 14. The molecule has 1 atom stereocenters. The maximum absolute atomic E-state index is 13.1. The van der Waals surface area contributed by atoms with Crippen molar-refractivity contribution in [3.8, 4) is 11.7 Å².